The van der Waals surface area contributed by atoms with E-state index in [1.807, 2.05) is 6.08 Å². The van der Waals surface area contributed by atoms with Crippen LogP contribution in [0.4, 0.5) is 0 Å². The van der Waals surface area contributed by atoms with Gasteiger partial charge in [0.1, 0.15) is 20.4 Å². The van der Waals surface area contributed by atoms with Crippen LogP contribution in [-0.2, 0) is 5.41 Å². The maximum Gasteiger partial charge on any atom is 0.123 e. The first kappa shape index (κ1) is 22.0. The predicted octanol–water partition coefficient (Wildman–Crippen LogP) is 6.96. The topological polar surface area (TPSA) is 9.23 Å². The van der Waals surface area contributed by atoms with Gasteiger partial charge in [-0.25, -0.2) is 0 Å². The Kier molecular flexibility index (Phi) is 6.23. The molecule has 0 spiro atoms. The van der Waals surface area contributed by atoms with Crippen LogP contribution in [0.2, 0.25) is 18.1 Å². The second-order valence-corrected chi connectivity index (χ2v) is 14.1. The van der Waals surface area contributed by atoms with E-state index in [0.29, 0.717) is 12.5 Å². The van der Waals surface area contributed by atoms with Crippen molar-refractivity contribution in [3.05, 3.63) is 57.3 Å². The van der Waals surface area contributed by atoms with E-state index in [1.165, 1.54) is 27.5 Å². The van der Waals surface area contributed by atoms with E-state index in [9.17, 15) is 0 Å². The lowest BCUT2D eigenvalue weighted by Gasteiger charge is -2.34. The molecule has 1 unspecified atom stereocenters. The van der Waals surface area contributed by atoms with Crippen LogP contribution in [-0.4, -0.2) is 14.7 Å². The van der Waals surface area contributed by atoms with Gasteiger partial charge in [0.15, 0.2) is 0 Å². The lowest BCUT2D eigenvalue weighted by molar-refractivity contribution is 0.354. The molecule has 1 aromatic carbocycles. The molecule has 148 valence electrons. The number of ether oxygens (including phenoxy) is 1. The highest BCUT2D eigenvalue weighted by Crippen LogP contribution is 2.43. The summed E-state index contributed by atoms with van der Waals surface area (Å²) in [5, 5.41) is 3.69. The van der Waals surface area contributed by atoms with Gasteiger partial charge in [-0.05, 0) is 55.0 Å². The first-order chi connectivity index (χ1) is 12.3. The number of halogens is 1. The first-order valence-electron chi connectivity index (χ1n) is 9.81. The number of allylic oxidation sites excluding steroid dienone is 4. The van der Waals surface area contributed by atoms with Crippen molar-refractivity contribution < 1.29 is 4.74 Å². The molecular formula is C24H35ClOSi. The lowest BCUT2D eigenvalue weighted by atomic mass is 9.86. The second kappa shape index (κ2) is 7.64. The summed E-state index contributed by atoms with van der Waals surface area (Å²) in [6, 6.07) is 4.22. The van der Waals surface area contributed by atoms with Gasteiger partial charge in [-0.15, -0.1) is 0 Å². The zero-order chi connectivity index (χ0) is 20.7. The van der Waals surface area contributed by atoms with Crippen LogP contribution in [0.5, 0.6) is 5.75 Å². The van der Waals surface area contributed by atoms with Crippen molar-refractivity contribution in [2.24, 2.45) is 5.92 Å². The van der Waals surface area contributed by atoms with Crippen LogP contribution in [0.25, 0.3) is 0 Å². The van der Waals surface area contributed by atoms with E-state index >= 15 is 0 Å². The molecule has 1 nitrogen and oxygen atoms in total. The van der Waals surface area contributed by atoms with Crippen LogP contribution in [0, 0.1) is 5.92 Å². The Balaban J connectivity index is 2.77. The summed E-state index contributed by atoms with van der Waals surface area (Å²) in [4.78, 5) is 0. The molecule has 0 heterocycles. The molecule has 0 radical (unpaired) electrons. The van der Waals surface area contributed by atoms with E-state index in [0.717, 1.165) is 10.8 Å². The van der Waals surface area contributed by atoms with Crippen molar-refractivity contribution in [1.82, 2.24) is 0 Å². The summed E-state index contributed by atoms with van der Waals surface area (Å²) >= 11 is 6.62. The smallest absolute Gasteiger partial charge is 0.123 e. The molecule has 1 aliphatic rings. The van der Waals surface area contributed by atoms with Crippen LogP contribution >= 0.6 is 11.6 Å². The molecule has 3 heteroatoms. The fourth-order valence-corrected chi connectivity index (χ4v) is 8.75. The van der Waals surface area contributed by atoms with Crippen molar-refractivity contribution in [1.29, 1.82) is 0 Å². The van der Waals surface area contributed by atoms with Gasteiger partial charge < -0.3 is 4.74 Å². The molecule has 1 aliphatic carbocycles. The zero-order valence-corrected chi connectivity index (χ0v) is 20.3. The maximum atomic E-state index is 6.62. The van der Waals surface area contributed by atoms with E-state index < -0.39 is 8.07 Å². The third kappa shape index (κ3) is 3.98. The highest BCUT2D eigenvalue weighted by Gasteiger charge is 2.40. The Morgan fingerprint density at radius 1 is 1.15 bits per heavy atom. The summed E-state index contributed by atoms with van der Waals surface area (Å²) in [6.07, 6.45) is 1.82. The molecule has 1 atom stereocenters. The molecule has 0 aromatic heterocycles. The van der Waals surface area contributed by atoms with Gasteiger partial charge in [-0.3, -0.25) is 0 Å². The summed E-state index contributed by atoms with van der Waals surface area (Å²) in [6.45, 7) is 25.0. The molecule has 0 saturated heterocycles. The third-order valence-corrected chi connectivity index (χ3v) is 10.3. The molecule has 0 aliphatic heterocycles. The molecule has 0 fully saturated rings. The van der Waals surface area contributed by atoms with Gasteiger partial charge in [0.05, 0.1) is 0 Å². The van der Waals surface area contributed by atoms with Gasteiger partial charge in [-0.1, -0.05) is 81.4 Å². The fourth-order valence-electron chi connectivity index (χ4n) is 4.43. The Hall–Kier alpha value is -1.25. The second-order valence-electron chi connectivity index (χ2n) is 9.37. The van der Waals surface area contributed by atoms with Gasteiger partial charge in [-0.2, -0.15) is 0 Å². The molecular weight excluding hydrogens is 368 g/mol. The zero-order valence-electron chi connectivity index (χ0n) is 18.5. The standard InChI is InChI=1S/C24H35ClOSi/c1-11-12-26-22-20(24(6,7)8)13-19(25)14-21(22)27(9,10)23-17(4)15(2)16(3)18(23)5/h11,13-14,17H,1,12H2,2-10H3. The molecule has 0 bridgehead atoms. The monoisotopic (exact) mass is 402 g/mol. The molecule has 0 N–H and O–H groups in total. The minimum atomic E-state index is -2.00. The fraction of sp³-hybridized carbons (Fsp3) is 0.500. The Bertz CT molecular complexity index is 822. The predicted molar refractivity (Wildman–Crippen MR) is 123 cm³/mol. The SMILES string of the molecule is C=CCOc1c(C(C)(C)C)cc(Cl)cc1[Si](C)(C)C1=C(C)C(C)=C(C)C1C. The summed E-state index contributed by atoms with van der Waals surface area (Å²) in [5.41, 5.74) is 5.54. The average molecular weight is 403 g/mol. The van der Waals surface area contributed by atoms with Gasteiger partial charge >= 0.3 is 0 Å². The Morgan fingerprint density at radius 3 is 2.19 bits per heavy atom. The van der Waals surface area contributed by atoms with Crippen molar-refractivity contribution in [3.8, 4) is 5.75 Å². The van der Waals surface area contributed by atoms with Crippen LogP contribution in [0.3, 0.4) is 0 Å². The van der Waals surface area contributed by atoms with Crippen molar-refractivity contribution in [2.75, 3.05) is 6.61 Å². The lowest BCUT2D eigenvalue weighted by Crippen LogP contribution is -2.47. The Labute approximate surface area is 172 Å². The first-order valence-corrected chi connectivity index (χ1v) is 13.2. The van der Waals surface area contributed by atoms with Gasteiger partial charge in [0, 0.05) is 10.6 Å². The summed E-state index contributed by atoms with van der Waals surface area (Å²) in [5.74, 6) is 1.49. The maximum absolute atomic E-state index is 6.62. The summed E-state index contributed by atoms with van der Waals surface area (Å²) < 4.78 is 6.29. The molecule has 0 saturated carbocycles. The van der Waals surface area contributed by atoms with E-state index in [2.05, 4.69) is 80.3 Å². The van der Waals surface area contributed by atoms with Crippen LogP contribution < -0.4 is 9.92 Å². The van der Waals surface area contributed by atoms with Crippen molar-refractivity contribution >= 4 is 24.9 Å². The Morgan fingerprint density at radius 2 is 1.74 bits per heavy atom. The molecule has 2 rings (SSSR count). The quantitative estimate of drug-likeness (QED) is 0.382. The minimum absolute atomic E-state index is 0.0462. The average Bonchev–Trinajstić information content (AvgIpc) is 2.75. The molecule has 27 heavy (non-hydrogen) atoms. The van der Waals surface area contributed by atoms with E-state index in [1.54, 1.807) is 5.20 Å². The highest BCUT2D eigenvalue weighted by molar-refractivity contribution is 6.96. The minimum Gasteiger partial charge on any atom is -0.489 e. The number of rotatable bonds is 5. The van der Waals surface area contributed by atoms with Crippen molar-refractivity contribution in [2.45, 2.75) is 67.0 Å². The normalized spacial score (nSPS) is 18.4. The van der Waals surface area contributed by atoms with E-state index in [4.69, 9.17) is 16.3 Å². The van der Waals surface area contributed by atoms with Gasteiger partial charge in [0.25, 0.3) is 0 Å². The van der Waals surface area contributed by atoms with E-state index in [-0.39, 0.29) is 5.41 Å². The number of hydrogen-bond acceptors (Lipinski definition) is 1. The third-order valence-electron chi connectivity index (χ3n) is 6.19. The number of benzene rings is 1. The highest BCUT2D eigenvalue weighted by atomic mass is 35.5. The number of hydrogen-bond donors (Lipinski definition) is 0. The molecule has 0 amide bonds. The largest absolute Gasteiger partial charge is 0.489 e. The summed E-state index contributed by atoms with van der Waals surface area (Å²) in [7, 11) is -2.00. The van der Waals surface area contributed by atoms with Crippen LogP contribution in [0.1, 0.15) is 54.0 Å². The van der Waals surface area contributed by atoms with Crippen molar-refractivity contribution in [3.63, 3.8) is 0 Å². The van der Waals surface area contributed by atoms with Gasteiger partial charge in [0.2, 0.25) is 0 Å². The van der Waals surface area contributed by atoms with Crippen LogP contribution in [0.15, 0.2) is 46.7 Å². The molecule has 1 aromatic rings.